The fraction of sp³-hybridized carbons (Fsp3) is 0.385. The van der Waals surface area contributed by atoms with Crippen LogP contribution in [0.25, 0.3) is 6.08 Å². The van der Waals surface area contributed by atoms with Crippen LogP contribution in [0.1, 0.15) is 18.4 Å². The minimum Gasteiger partial charge on any atom is -0.313 e. The van der Waals surface area contributed by atoms with Gasteiger partial charge < -0.3 is 5.32 Å². The van der Waals surface area contributed by atoms with Crippen molar-refractivity contribution in [1.82, 2.24) is 10.0 Å². The van der Waals surface area contributed by atoms with Crippen molar-refractivity contribution >= 4 is 16.1 Å². The summed E-state index contributed by atoms with van der Waals surface area (Å²) in [6.45, 7) is 1.44. The smallest absolute Gasteiger partial charge is 0.233 e. The second-order valence-electron chi connectivity index (χ2n) is 4.40. The van der Waals surface area contributed by atoms with E-state index in [1.54, 1.807) is 6.08 Å². The molecule has 0 bridgehead atoms. The lowest BCUT2D eigenvalue weighted by molar-refractivity contribution is 0.558. The second kappa shape index (κ2) is 6.13. The predicted octanol–water partition coefficient (Wildman–Crippen LogP) is 1.33. The molecule has 0 radical (unpaired) electrons. The first-order valence-corrected chi connectivity index (χ1v) is 7.66. The van der Waals surface area contributed by atoms with Gasteiger partial charge in [0.25, 0.3) is 0 Å². The van der Waals surface area contributed by atoms with Crippen molar-refractivity contribution in [3.8, 4) is 0 Å². The molecule has 5 heteroatoms. The van der Waals surface area contributed by atoms with Crippen molar-refractivity contribution in [3.05, 3.63) is 41.3 Å². The van der Waals surface area contributed by atoms with Gasteiger partial charge in [-0.1, -0.05) is 30.3 Å². The zero-order chi connectivity index (χ0) is 12.8. The van der Waals surface area contributed by atoms with Gasteiger partial charge in [-0.25, -0.2) is 13.1 Å². The summed E-state index contributed by atoms with van der Waals surface area (Å²) in [6, 6.07) is 9.65. The molecule has 98 valence electrons. The molecule has 0 aromatic heterocycles. The van der Waals surface area contributed by atoms with E-state index in [0.717, 1.165) is 24.9 Å². The van der Waals surface area contributed by atoms with Crippen LogP contribution in [0.4, 0.5) is 0 Å². The van der Waals surface area contributed by atoms with Crippen molar-refractivity contribution in [2.45, 2.75) is 18.9 Å². The molecule has 1 aliphatic rings. The Hall–Kier alpha value is -1.17. The SMILES string of the molecule is O=S(=O)(C=Cc1ccccc1)NCC1CCCN1. The van der Waals surface area contributed by atoms with Crippen molar-refractivity contribution in [2.24, 2.45) is 0 Å². The molecular formula is C13H18N2O2S. The Labute approximate surface area is 108 Å². The quantitative estimate of drug-likeness (QED) is 0.845. The van der Waals surface area contributed by atoms with E-state index in [1.807, 2.05) is 30.3 Å². The molecule has 0 aliphatic carbocycles. The molecule has 1 heterocycles. The molecule has 0 saturated carbocycles. The minimum atomic E-state index is -3.34. The van der Waals surface area contributed by atoms with Crippen LogP contribution in [0.2, 0.25) is 0 Å². The Morgan fingerprint density at radius 3 is 2.78 bits per heavy atom. The van der Waals surface area contributed by atoms with E-state index in [1.165, 1.54) is 5.41 Å². The van der Waals surface area contributed by atoms with Gasteiger partial charge in [-0.15, -0.1) is 0 Å². The fourth-order valence-electron chi connectivity index (χ4n) is 1.93. The number of nitrogens with one attached hydrogen (secondary N) is 2. The maximum atomic E-state index is 11.7. The van der Waals surface area contributed by atoms with E-state index >= 15 is 0 Å². The first-order chi connectivity index (χ1) is 8.66. The number of hydrogen-bond acceptors (Lipinski definition) is 3. The number of sulfonamides is 1. The van der Waals surface area contributed by atoms with Crippen LogP contribution < -0.4 is 10.0 Å². The zero-order valence-electron chi connectivity index (χ0n) is 10.2. The summed E-state index contributed by atoms with van der Waals surface area (Å²) in [6.07, 6.45) is 3.75. The van der Waals surface area contributed by atoms with Crippen LogP contribution in [-0.4, -0.2) is 27.5 Å². The zero-order valence-corrected chi connectivity index (χ0v) is 11.0. The molecule has 1 aromatic rings. The van der Waals surface area contributed by atoms with E-state index in [0.29, 0.717) is 6.54 Å². The van der Waals surface area contributed by atoms with Crippen LogP contribution in [-0.2, 0) is 10.0 Å². The molecule has 1 aliphatic heterocycles. The Balaban J connectivity index is 1.88. The third-order valence-corrected chi connectivity index (χ3v) is 4.00. The molecule has 0 spiro atoms. The summed E-state index contributed by atoms with van der Waals surface area (Å²) in [7, 11) is -3.34. The predicted molar refractivity (Wildman–Crippen MR) is 73.4 cm³/mol. The lowest BCUT2D eigenvalue weighted by atomic mass is 10.2. The molecule has 1 atom stereocenters. The van der Waals surface area contributed by atoms with Gasteiger partial charge in [0, 0.05) is 18.0 Å². The van der Waals surface area contributed by atoms with E-state index in [9.17, 15) is 8.42 Å². The van der Waals surface area contributed by atoms with Gasteiger partial charge in [0.1, 0.15) is 0 Å². The average molecular weight is 266 g/mol. The Kier molecular flexibility index (Phi) is 4.52. The lowest BCUT2D eigenvalue weighted by Gasteiger charge is -2.09. The third-order valence-electron chi connectivity index (χ3n) is 2.93. The molecule has 2 N–H and O–H groups in total. The largest absolute Gasteiger partial charge is 0.313 e. The first-order valence-electron chi connectivity index (χ1n) is 6.12. The molecule has 1 fully saturated rings. The fourth-order valence-corrected chi connectivity index (χ4v) is 2.79. The molecule has 2 rings (SSSR count). The van der Waals surface area contributed by atoms with Gasteiger partial charge in [-0.2, -0.15) is 0 Å². The molecule has 18 heavy (non-hydrogen) atoms. The highest BCUT2D eigenvalue weighted by Gasteiger charge is 2.15. The lowest BCUT2D eigenvalue weighted by Crippen LogP contribution is -2.36. The Morgan fingerprint density at radius 2 is 2.11 bits per heavy atom. The van der Waals surface area contributed by atoms with Crippen molar-refractivity contribution in [3.63, 3.8) is 0 Å². The van der Waals surface area contributed by atoms with Crippen molar-refractivity contribution < 1.29 is 8.42 Å². The van der Waals surface area contributed by atoms with Gasteiger partial charge in [-0.05, 0) is 31.0 Å². The van der Waals surface area contributed by atoms with Crippen LogP contribution in [0.5, 0.6) is 0 Å². The molecule has 1 saturated heterocycles. The van der Waals surface area contributed by atoms with Gasteiger partial charge in [0.15, 0.2) is 0 Å². The third kappa shape index (κ3) is 4.25. The number of hydrogen-bond donors (Lipinski definition) is 2. The standard InChI is InChI=1S/C13H18N2O2S/c16-18(17,15-11-13-7-4-9-14-13)10-8-12-5-2-1-3-6-12/h1-3,5-6,8,10,13-15H,4,7,9,11H2. The highest BCUT2D eigenvalue weighted by atomic mass is 32.2. The monoisotopic (exact) mass is 266 g/mol. The Morgan fingerprint density at radius 1 is 1.33 bits per heavy atom. The first kappa shape index (κ1) is 13.3. The number of benzene rings is 1. The normalized spacial score (nSPS) is 20.6. The summed E-state index contributed by atoms with van der Waals surface area (Å²) in [5, 5.41) is 4.47. The molecule has 4 nitrogen and oxygen atoms in total. The molecular weight excluding hydrogens is 248 g/mol. The second-order valence-corrected chi connectivity index (χ2v) is 6.05. The van der Waals surface area contributed by atoms with Gasteiger partial charge in [0.05, 0.1) is 0 Å². The highest BCUT2D eigenvalue weighted by Crippen LogP contribution is 2.05. The van der Waals surface area contributed by atoms with Crippen molar-refractivity contribution in [2.75, 3.05) is 13.1 Å². The minimum absolute atomic E-state index is 0.268. The summed E-state index contributed by atoms with van der Waals surface area (Å²) in [5.74, 6) is 0. The number of rotatable bonds is 5. The van der Waals surface area contributed by atoms with E-state index in [2.05, 4.69) is 10.0 Å². The summed E-state index contributed by atoms with van der Waals surface area (Å²) < 4.78 is 26.1. The van der Waals surface area contributed by atoms with Crippen LogP contribution in [0.3, 0.4) is 0 Å². The maximum Gasteiger partial charge on any atom is 0.233 e. The van der Waals surface area contributed by atoms with Gasteiger partial charge >= 0.3 is 0 Å². The van der Waals surface area contributed by atoms with Gasteiger partial charge in [-0.3, -0.25) is 0 Å². The summed E-state index contributed by atoms with van der Waals surface area (Å²) >= 11 is 0. The van der Waals surface area contributed by atoms with E-state index in [-0.39, 0.29) is 6.04 Å². The van der Waals surface area contributed by atoms with Crippen LogP contribution >= 0.6 is 0 Å². The van der Waals surface area contributed by atoms with Crippen LogP contribution in [0, 0.1) is 0 Å². The summed E-state index contributed by atoms with van der Waals surface area (Å²) in [5.41, 5.74) is 0.877. The van der Waals surface area contributed by atoms with Crippen molar-refractivity contribution in [1.29, 1.82) is 0 Å². The molecule has 1 unspecified atom stereocenters. The Bertz CT molecular complexity index is 491. The van der Waals surface area contributed by atoms with E-state index < -0.39 is 10.0 Å². The van der Waals surface area contributed by atoms with Crippen LogP contribution in [0.15, 0.2) is 35.7 Å². The summed E-state index contributed by atoms with van der Waals surface area (Å²) in [4.78, 5) is 0. The highest BCUT2D eigenvalue weighted by molar-refractivity contribution is 7.92. The molecule has 1 aromatic carbocycles. The van der Waals surface area contributed by atoms with E-state index in [4.69, 9.17) is 0 Å². The maximum absolute atomic E-state index is 11.7. The van der Waals surface area contributed by atoms with Gasteiger partial charge in [0.2, 0.25) is 10.0 Å². The molecule has 0 amide bonds. The topological polar surface area (TPSA) is 58.2 Å². The average Bonchev–Trinajstić information content (AvgIpc) is 2.89.